The number of benzene rings is 1. The lowest BCUT2D eigenvalue weighted by molar-refractivity contribution is -0.140. The van der Waals surface area contributed by atoms with Crippen LogP contribution in [0.3, 0.4) is 0 Å². The Hall–Kier alpha value is -3.55. The predicted molar refractivity (Wildman–Crippen MR) is 154 cm³/mol. The van der Waals surface area contributed by atoms with E-state index in [1.165, 1.54) is 94.7 Å². The van der Waals surface area contributed by atoms with Gasteiger partial charge in [0.25, 0.3) is 5.91 Å². The standard InChI is InChI=1S/C31H44N2O6/c1-2-3-4-5-6-7-8-9-10-11-12-13-14-15-17-24(22-29(35)36)30(37)32-25-19-20-26(27(34)23-25)33-31(38)28-18-16-21-39-28/h14-16,18-21,23-24,34H,2-13,17,22H2,1H3,(H,32,37)(H,33,38)(H,35,36). The zero-order valence-corrected chi connectivity index (χ0v) is 23.1. The average Bonchev–Trinajstić information content (AvgIpc) is 3.45. The zero-order chi connectivity index (χ0) is 28.3. The molecule has 214 valence electrons. The van der Waals surface area contributed by atoms with Crippen LogP contribution in [0.25, 0.3) is 0 Å². The van der Waals surface area contributed by atoms with E-state index in [9.17, 15) is 24.6 Å². The van der Waals surface area contributed by atoms with Gasteiger partial charge in [0.15, 0.2) is 5.76 Å². The van der Waals surface area contributed by atoms with Crippen LogP contribution >= 0.6 is 0 Å². The number of hydrogen-bond acceptors (Lipinski definition) is 5. The van der Waals surface area contributed by atoms with Crippen molar-refractivity contribution in [2.75, 3.05) is 10.6 Å². The Kier molecular flexibility index (Phi) is 15.2. The Morgan fingerprint density at radius 3 is 2.15 bits per heavy atom. The molecule has 0 radical (unpaired) electrons. The summed E-state index contributed by atoms with van der Waals surface area (Å²) in [6.07, 6.45) is 20.4. The normalized spacial score (nSPS) is 11.9. The molecular formula is C31H44N2O6. The first kappa shape index (κ1) is 31.7. The van der Waals surface area contributed by atoms with Crippen LogP contribution in [0, 0.1) is 5.92 Å². The second-order valence-corrected chi connectivity index (χ2v) is 9.98. The number of aliphatic carboxylic acids is 1. The van der Waals surface area contributed by atoms with Crippen LogP contribution in [0.4, 0.5) is 11.4 Å². The monoisotopic (exact) mass is 540 g/mol. The average molecular weight is 541 g/mol. The van der Waals surface area contributed by atoms with Crippen LogP contribution in [0.2, 0.25) is 0 Å². The fourth-order valence-electron chi connectivity index (χ4n) is 4.35. The predicted octanol–water partition coefficient (Wildman–Crippen LogP) is 7.91. The second kappa shape index (κ2) is 18.7. The summed E-state index contributed by atoms with van der Waals surface area (Å²) in [5.74, 6) is -2.89. The highest BCUT2D eigenvalue weighted by Gasteiger charge is 2.21. The molecule has 2 aromatic rings. The number of allylic oxidation sites excluding steroid dienone is 2. The highest BCUT2D eigenvalue weighted by atomic mass is 16.4. The van der Waals surface area contributed by atoms with Crippen LogP contribution in [0.15, 0.2) is 53.2 Å². The van der Waals surface area contributed by atoms with E-state index in [2.05, 4.69) is 17.6 Å². The third-order valence-electron chi connectivity index (χ3n) is 6.61. The molecule has 1 aromatic carbocycles. The van der Waals surface area contributed by atoms with E-state index >= 15 is 0 Å². The summed E-state index contributed by atoms with van der Waals surface area (Å²) in [5, 5.41) is 24.7. The number of carbonyl (C=O) groups excluding carboxylic acids is 2. The number of carboxylic acid groups (broad SMARTS) is 1. The summed E-state index contributed by atoms with van der Waals surface area (Å²) in [6, 6.07) is 7.35. The summed E-state index contributed by atoms with van der Waals surface area (Å²) in [7, 11) is 0. The van der Waals surface area contributed by atoms with Gasteiger partial charge in [-0.3, -0.25) is 14.4 Å². The second-order valence-electron chi connectivity index (χ2n) is 9.98. The van der Waals surface area contributed by atoms with Crippen molar-refractivity contribution in [3.05, 3.63) is 54.5 Å². The van der Waals surface area contributed by atoms with E-state index in [-0.39, 0.29) is 23.6 Å². The summed E-state index contributed by atoms with van der Waals surface area (Å²) in [4.78, 5) is 36.2. The van der Waals surface area contributed by atoms with Crippen molar-refractivity contribution in [3.8, 4) is 5.75 Å². The molecule has 4 N–H and O–H groups in total. The van der Waals surface area contributed by atoms with Crippen LogP contribution in [-0.4, -0.2) is 28.0 Å². The number of nitrogens with one attached hydrogen (secondary N) is 2. The summed E-state index contributed by atoms with van der Waals surface area (Å²) in [6.45, 7) is 2.24. The van der Waals surface area contributed by atoms with Gasteiger partial charge in [0.05, 0.1) is 24.3 Å². The number of carbonyl (C=O) groups is 3. The third-order valence-corrected chi connectivity index (χ3v) is 6.61. The molecule has 8 heteroatoms. The topological polar surface area (TPSA) is 129 Å². The minimum atomic E-state index is -1.05. The van der Waals surface area contributed by atoms with Gasteiger partial charge >= 0.3 is 5.97 Å². The first-order valence-corrected chi connectivity index (χ1v) is 14.3. The number of amides is 2. The lowest BCUT2D eigenvalue weighted by Crippen LogP contribution is -2.24. The highest BCUT2D eigenvalue weighted by Crippen LogP contribution is 2.28. The third kappa shape index (κ3) is 13.2. The van der Waals surface area contributed by atoms with Gasteiger partial charge in [0, 0.05) is 11.8 Å². The van der Waals surface area contributed by atoms with Crippen molar-refractivity contribution in [3.63, 3.8) is 0 Å². The SMILES string of the molecule is CCCCCCCCCCCCCC=CCC(CC(=O)O)C(=O)Nc1ccc(NC(=O)c2ccco2)c(O)c1. The van der Waals surface area contributed by atoms with E-state index < -0.39 is 23.7 Å². The van der Waals surface area contributed by atoms with Crippen LogP contribution in [-0.2, 0) is 9.59 Å². The molecule has 0 fully saturated rings. The van der Waals surface area contributed by atoms with E-state index in [0.29, 0.717) is 12.1 Å². The number of phenols is 1. The molecule has 1 heterocycles. The van der Waals surface area contributed by atoms with Gasteiger partial charge in [-0.15, -0.1) is 0 Å². The summed E-state index contributed by atoms with van der Waals surface area (Å²) >= 11 is 0. The summed E-state index contributed by atoms with van der Waals surface area (Å²) in [5.41, 5.74) is 0.454. The van der Waals surface area contributed by atoms with Crippen molar-refractivity contribution in [2.45, 2.75) is 96.8 Å². The smallest absolute Gasteiger partial charge is 0.304 e. The molecule has 0 saturated carbocycles. The fraction of sp³-hybridized carbons (Fsp3) is 0.516. The lowest BCUT2D eigenvalue weighted by Gasteiger charge is -2.14. The van der Waals surface area contributed by atoms with Gasteiger partial charge in [-0.05, 0) is 43.5 Å². The van der Waals surface area contributed by atoms with Crippen LogP contribution < -0.4 is 10.6 Å². The van der Waals surface area contributed by atoms with Crippen LogP contribution in [0.1, 0.15) is 107 Å². The molecule has 0 aliphatic rings. The molecule has 39 heavy (non-hydrogen) atoms. The number of carboxylic acids is 1. The molecule has 0 saturated heterocycles. The molecule has 0 aliphatic heterocycles. The van der Waals surface area contributed by atoms with Gasteiger partial charge in [-0.1, -0.05) is 83.3 Å². The largest absolute Gasteiger partial charge is 0.506 e. The Balaban J connectivity index is 1.71. The maximum atomic E-state index is 12.8. The van der Waals surface area contributed by atoms with Crippen molar-refractivity contribution in [1.29, 1.82) is 0 Å². The Morgan fingerprint density at radius 1 is 0.897 bits per heavy atom. The first-order valence-electron chi connectivity index (χ1n) is 14.3. The Labute approximate surface area is 231 Å². The molecular weight excluding hydrogens is 496 g/mol. The fourth-order valence-corrected chi connectivity index (χ4v) is 4.35. The van der Waals surface area contributed by atoms with E-state index in [1.54, 1.807) is 6.07 Å². The Bertz CT molecular complexity index is 1030. The molecule has 1 unspecified atom stereocenters. The van der Waals surface area contributed by atoms with Crippen LogP contribution in [0.5, 0.6) is 5.75 Å². The van der Waals surface area contributed by atoms with E-state index in [4.69, 9.17) is 4.42 Å². The quantitative estimate of drug-likeness (QED) is 0.0767. The molecule has 2 rings (SSSR count). The van der Waals surface area contributed by atoms with Crippen molar-refractivity contribution < 1.29 is 29.0 Å². The maximum absolute atomic E-state index is 12.8. The number of aromatic hydroxyl groups is 1. The molecule has 2 amide bonds. The number of hydrogen-bond donors (Lipinski definition) is 4. The summed E-state index contributed by atoms with van der Waals surface area (Å²) < 4.78 is 5.03. The first-order chi connectivity index (χ1) is 18.9. The van der Waals surface area contributed by atoms with Crippen molar-refractivity contribution in [1.82, 2.24) is 0 Å². The van der Waals surface area contributed by atoms with E-state index in [0.717, 1.165) is 12.8 Å². The van der Waals surface area contributed by atoms with Gasteiger partial charge in [0.1, 0.15) is 5.75 Å². The number of furan rings is 1. The lowest BCUT2D eigenvalue weighted by atomic mass is 9.99. The molecule has 0 bridgehead atoms. The maximum Gasteiger partial charge on any atom is 0.304 e. The number of anilines is 2. The van der Waals surface area contributed by atoms with Crippen molar-refractivity contribution in [2.24, 2.45) is 5.92 Å². The minimum Gasteiger partial charge on any atom is -0.506 e. The Morgan fingerprint density at radius 2 is 1.56 bits per heavy atom. The molecule has 1 aromatic heterocycles. The molecule has 0 spiro atoms. The molecule has 1 atom stereocenters. The van der Waals surface area contributed by atoms with Gasteiger partial charge < -0.3 is 25.3 Å². The number of unbranched alkanes of at least 4 members (excludes halogenated alkanes) is 11. The highest BCUT2D eigenvalue weighted by molar-refractivity contribution is 6.03. The van der Waals surface area contributed by atoms with Gasteiger partial charge in [0.2, 0.25) is 5.91 Å². The zero-order valence-electron chi connectivity index (χ0n) is 23.1. The molecule has 8 nitrogen and oxygen atoms in total. The molecule has 0 aliphatic carbocycles. The van der Waals surface area contributed by atoms with Gasteiger partial charge in [-0.2, -0.15) is 0 Å². The number of phenolic OH excluding ortho intramolecular Hbond substituents is 1. The van der Waals surface area contributed by atoms with E-state index in [1.807, 2.05) is 12.2 Å². The van der Waals surface area contributed by atoms with Crippen molar-refractivity contribution >= 4 is 29.2 Å². The number of rotatable bonds is 20. The minimum absolute atomic E-state index is 0.0971. The van der Waals surface area contributed by atoms with Gasteiger partial charge in [-0.25, -0.2) is 0 Å².